The molecule has 3 amide bonds. The zero-order valence-electron chi connectivity index (χ0n) is 24.6. The van der Waals surface area contributed by atoms with Gasteiger partial charge in [-0.05, 0) is 80.7 Å². The lowest BCUT2D eigenvalue weighted by Crippen LogP contribution is -2.57. The van der Waals surface area contributed by atoms with E-state index in [1.807, 2.05) is 24.3 Å². The van der Waals surface area contributed by atoms with Gasteiger partial charge in [0.15, 0.2) is 0 Å². The van der Waals surface area contributed by atoms with Crippen molar-refractivity contribution in [1.82, 2.24) is 15.1 Å². The Hall–Kier alpha value is -3.72. The van der Waals surface area contributed by atoms with E-state index >= 15 is 4.39 Å². The van der Waals surface area contributed by atoms with E-state index in [1.54, 1.807) is 26.8 Å². The van der Waals surface area contributed by atoms with Crippen LogP contribution in [0.25, 0.3) is 5.57 Å². The third-order valence-electron chi connectivity index (χ3n) is 8.44. The minimum Gasteiger partial charge on any atom is -0.444 e. The smallest absolute Gasteiger partial charge is 0.411 e. The first-order valence-electron chi connectivity index (χ1n) is 14.8. The van der Waals surface area contributed by atoms with E-state index in [1.165, 1.54) is 16.5 Å². The average Bonchev–Trinajstić information content (AvgIpc) is 3.56. The number of halogens is 1. The van der Waals surface area contributed by atoms with Crippen molar-refractivity contribution in [3.8, 4) is 0 Å². The summed E-state index contributed by atoms with van der Waals surface area (Å²) in [6, 6.07) is 13.3. The molecule has 1 aliphatic carbocycles. The van der Waals surface area contributed by atoms with Crippen LogP contribution in [0.2, 0.25) is 0 Å². The van der Waals surface area contributed by atoms with Crippen LogP contribution < -0.4 is 11.1 Å². The summed E-state index contributed by atoms with van der Waals surface area (Å²) in [7, 11) is 0. The summed E-state index contributed by atoms with van der Waals surface area (Å²) in [5.74, 6) is -1.69. The predicted octanol–water partition coefficient (Wildman–Crippen LogP) is 4.42. The zero-order valence-corrected chi connectivity index (χ0v) is 24.6. The number of hydrogen-bond donors (Lipinski definition) is 2. The quantitative estimate of drug-likeness (QED) is 0.484. The summed E-state index contributed by atoms with van der Waals surface area (Å²) >= 11 is 0. The zero-order chi connectivity index (χ0) is 30.0. The number of carbonyl (C=O) groups excluding carboxylic acids is 3. The Kier molecular flexibility index (Phi) is 8.68. The van der Waals surface area contributed by atoms with Crippen LogP contribution in [0.4, 0.5) is 9.18 Å². The van der Waals surface area contributed by atoms with E-state index in [2.05, 4.69) is 28.4 Å². The highest BCUT2D eigenvalue weighted by atomic mass is 19.1. The number of fused-ring (bicyclic) bond motifs is 2. The second kappa shape index (κ2) is 12.3. The summed E-state index contributed by atoms with van der Waals surface area (Å²) < 4.78 is 21.0. The van der Waals surface area contributed by atoms with Crippen molar-refractivity contribution >= 4 is 23.5 Å². The standard InChI is InChI=1S/C33H41FN4O4/c1-33(2,3)42-32(41)38-26-14-13-24(16-26)29(38)31(40)36-28(30(35)39)18-23-12-11-22(17-27(23)34)25-10-7-15-37(20-25)19-21-8-5-4-6-9-21/h4-6,8-12,17,24,26,28-29H,7,13-16,18-20H2,1-3H3,(H2,35,39)(H,36,40)/t24-,26+,28-,29-/m0/s1. The molecular formula is C33H41FN4O4. The maximum absolute atomic E-state index is 15.4. The molecule has 42 heavy (non-hydrogen) atoms. The van der Waals surface area contributed by atoms with Crippen molar-refractivity contribution in [2.45, 2.75) is 83.1 Å². The van der Waals surface area contributed by atoms with Crippen molar-refractivity contribution in [3.05, 3.63) is 77.1 Å². The van der Waals surface area contributed by atoms with Gasteiger partial charge in [0.1, 0.15) is 23.5 Å². The highest BCUT2D eigenvalue weighted by Crippen LogP contribution is 2.43. The third-order valence-corrected chi connectivity index (χ3v) is 8.44. The number of nitrogens with one attached hydrogen (secondary N) is 1. The molecule has 2 aliphatic heterocycles. The van der Waals surface area contributed by atoms with E-state index in [-0.39, 0.29) is 23.9 Å². The minimum atomic E-state index is -1.12. The van der Waals surface area contributed by atoms with Gasteiger partial charge in [-0.15, -0.1) is 0 Å². The Morgan fingerprint density at radius 1 is 1.12 bits per heavy atom. The third kappa shape index (κ3) is 6.84. The number of hydrogen-bond acceptors (Lipinski definition) is 5. The summed E-state index contributed by atoms with van der Waals surface area (Å²) in [6.45, 7) is 7.82. The molecule has 9 heteroatoms. The molecule has 2 aromatic rings. The molecule has 0 aromatic heterocycles. The molecule has 4 atom stereocenters. The lowest BCUT2D eigenvalue weighted by atomic mass is 9.95. The summed E-state index contributed by atoms with van der Waals surface area (Å²) in [4.78, 5) is 42.7. The van der Waals surface area contributed by atoms with Crippen LogP contribution in [-0.4, -0.2) is 64.5 Å². The molecule has 2 aromatic carbocycles. The highest BCUT2D eigenvalue weighted by Gasteiger charge is 2.52. The van der Waals surface area contributed by atoms with Gasteiger partial charge in [0.2, 0.25) is 11.8 Å². The fraction of sp³-hybridized carbons (Fsp3) is 0.485. The van der Waals surface area contributed by atoms with Gasteiger partial charge in [0.25, 0.3) is 0 Å². The lowest BCUT2D eigenvalue weighted by Gasteiger charge is -2.36. The summed E-state index contributed by atoms with van der Waals surface area (Å²) in [5, 5.41) is 2.73. The number of nitrogens with two attached hydrogens (primary N) is 1. The Bertz CT molecular complexity index is 1360. The van der Waals surface area contributed by atoms with Gasteiger partial charge in [-0.3, -0.25) is 19.4 Å². The Labute approximate surface area is 247 Å². The fourth-order valence-electron chi connectivity index (χ4n) is 6.51. The molecule has 1 saturated carbocycles. The molecule has 0 unspecified atom stereocenters. The van der Waals surface area contributed by atoms with E-state index < -0.39 is 41.4 Å². The second-order valence-electron chi connectivity index (χ2n) is 12.7. The largest absolute Gasteiger partial charge is 0.444 e. The van der Waals surface area contributed by atoms with Crippen LogP contribution in [0, 0.1) is 11.7 Å². The maximum atomic E-state index is 15.4. The van der Waals surface area contributed by atoms with Crippen LogP contribution >= 0.6 is 0 Å². The van der Waals surface area contributed by atoms with E-state index in [0.717, 1.165) is 43.5 Å². The van der Waals surface area contributed by atoms with Gasteiger partial charge >= 0.3 is 6.09 Å². The normalized spacial score (nSPS) is 22.9. The Morgan fingerprint density at radius 3 is 2.57 bits per heavy atom. The average molecular weight is 577 g/mol. The van der Waals surface area contributed by atoms with Gasteiger partial charge in [0, 0.05) is 32.1 Å². The van der Waals surface area contributed by atoms with E-state index in [0.29, 0.717) is 13.0 Å². The molecule has 0 spiro atoms. The first-order valence-corrected chi connectivity index (χ1v) is 14.8. The monoisotopic (exact) mass is 576 g/mol. The van der Waals surface area contributed by atoms with Crippen molar-refractivity contribution in [1.29, 1.82) is 0 Å². The molecular weight excluding hydrogens is 535 g/mol. The minimum absolute atomic E-state index is 0.0164. The van der Waals surface area contributed by atoms with Gasteiger partial charge in [-0.1, -0.05) is 48.5 Å². The van der Waals surface area contributed by atoms with Crippen LogP contribution in [0.5, 0.6) is 0 Å². The molecule has 8 nitrogen and oxygen atoms in total. The topological polar surface area (TPSA) is 105 Å². The van der Waals surface area contributed by atoms with Crippen LogP contribution in [-0.2, 0) is 27.3 Å². The fourth-order valence-corrected chi connectivity index (χ4v) is 6.51. The number of ether oxygens (including phenoxy) is 1. The summed E-state index contributed by atoms with van der Waals surface area (Å²) in [6.07, 6.45) is 4.75. The van der Waals surface area contributed by atoms with Crippen LogP contribution in [0.3, 0.4) is 0 Å². The number of rotatable bonds is 8. The van der Waals surface area contributed by atoms with Gasteiger partial charge in [0.05, 0.1) is 0 Å². The van der Waals surface area contributed by atoms with Crippen molar-refractivity contribution in [3.63, 3.8) is 0 Å². The number of piperidine rings is 1. The number of primary amides is 1. The van der Waals surface area contributed by atoms with Gasteiger partial charge < -0.3 is 15.8 Å². The molecule has 224 valence electrons. The maximum Gasteiger partial charge on any atom is 0.411 e. The van der Waals surface area contributed by atoms with Gasteiger partial charge in [-0.2, -0.15) is 0 Å². The van der Waals surface area contributed by atoms with E-state index in [4.69, 9.17) is 10.5 Å². The Balaban J connectivity index is 1.25. The summed E-state index contributed by atoms with van der Waals surface area (Å²) in [5.41, 5.74) is 8.34. The number of likely N-dealkylation sites (tertiary alicyclic amines) is 1. The van der Waals surface area contributed by atoms with Gasteiger partial charge in [-0.25, -0.2) is 9.18 Å². The molecule has 0 radical (unpaired) electrons. The van der Waals surface area contributed by atoms with E-state index in [9.17, 15) is 14.4 Å². The number of carbonyl (C=O) groups is 3. The second-order valence-corrected chi connectivity index (χ2v) is 12.7. The predicted molar refractivity (Wildman–Crippen MR) is 159 cm³/mol. The van der Waals surface area contributed by atoms with Crippen molar-refractivity contribution < 1.29 is 23.5 Å². The first kappa shape index (κ1) is 29.8. The number of nitrogens with zero attached hydrogens (tertiary/aromatic N) is 2. The van der Waals surface area contributed by atoms with Crippen molar-refractivity contribution in [2.75, 3.05) is 13.1 Å². The van der Waals surface area contributed by atoms with Crippen molar-refractivity contribution in [2.24, 2.45) is 11.7 Å². The molecule has 2 fully saturated rings. The molecule has 1 saturated heterocycles. The van der Waals surface area contributed by atoms with Crippen LogP contribution in [0.15, 0.2) is 54.6 Å². The molecule has 2 heterocycles. The molecule has 3 N–H and O–H groups in total. The lowest BCUT2D eigenvalue weighted by molar-refractivity contribution is -0.132. The molecule has 3 aliphatic rings. The number of benzene rings is 2. The molecule has 2 bridgehead atoms. The first-order chi connectivity index (χ1) is 20.0. The molecule has 5 rings (SSSR count). The van der Waals surface area contributed by atoms with Crippen LogP contribution in [0.1, 0.15) is 63.1 Å². The SMILES string of the molecule is CC(C)(C)OC(=O)N1[C@@H]2CC[C@@H](C2)[C@H]1C(=O)N[C@@H](Cc1ccc(C2=CCCN(Cc3ccccc3)C2)cc1F)C(N)=O. The Morgan fingerprint density at radius 2 is 1.88 bits per heavy atom. The number of amides is 3. The highest BCUT2D eigenvalue weighted by molar-refractivity contribution is 5.91.